The van der Waals surface area contributed by atoms with E-state index in [4.69, 9.17) is 9.52 Å². The molecule has 1 N–H and O–H groups in total. The lowest BCUT2D eigenvalue weighted by Crippen LogP contribution is -2.53. The molecule has 7 nitrogen and oxygen atoms in total. The predicted molar refractivity (Wildman–Crippen MR) is 155 cm³/mol. The number of amides is 1. The topological polar surface area (TPSA) is 91.6 Å². The van der Waals surface area contributed by atoms with Crippen LogP contribution < -0.4 is 10.7 Å². The Hall–Kier alpha value is -4.26. The summed E-state index contributed by atoms with van der Waals surface area (Å²) in [4.78, 5) is 35.1. The van der Waals surface area contributed by atoms with Gasteiger partial charge in [-0.1, -0.05) is 79.5 Å². The van der Waals surface area contributed by atoms with Crippen molar-refractivity contribution in [3.05, 3.63) is 94.0 Å². The zero-order chi connectivity index (χ0) is 27.6. The van der Waals surface area contributed by atoms with Crippen LogP contribution in [-0.4, -0.2) is 28.4 Å². The summed E-state index contributed by atoms with van der Waals surface area (Å²) >= 11 is 0. The average molecular weight is 523 g/mol. The fourth-order valence-corrected chi connectivity index (χ4v) is 5.32. The van der Waals surface area contributed by atoms with Gasteiger partial charge in [-0.2, -0.15) is 0 Å². The minimum atomic E-state index is -0.707. The first kappa shape index (κ1) is 26.4. The molecule has 2 heterocycles. The predicted octanol–water partition coefficient (Wildman–Crippen LogP) is 6.50. The van der Waals surface area contributed by atoms with Crippen LogP contribution in [0, 0.1) is 19.3 Å². The van der Waals surface area contributed by atoms with Crippen molar-refractivity contribution in [3.63, 3.8) is 0 Å². The number of aryl methyl sites for hydroxylation is 2. The second-order valence-corrected chi connectivity index (χ2v) is 10.5. The highest BCUT2D eigenvalue weighted by Gasteiger charge is 2.44. The van der Waals surface area contributed by atoms with E-state index in [2.05, 4.69) is 55.2 Å². The molecule has 2 unspecified atom stereocenters. The molecule has 1 amide bonds. The monoisotopic (exact) mass is 522 g/mol. The van der Waals surface area contributed by atoms with Crippen LogP contribution >= 0.6 is 0 Å². The lowest BCUT2D eigenvalue weighted by Gasteiger charge is -2.41. The van der Waals surface area contributed by atoms with Crippen LogP contribution in [0.3, 0.4) is 0 Å². The number of carbonyl (C=O) groups excluding carboxylic acids is 1. The quantitative estimate of drug-likeness (QED) is 0.286. The van der Waals surface area contributed by atoms with Gasteiger partial charge >= 0.3 is 5.76 Å². The van der Waals surface area contributed by atoms with Gasteiger partial charge in [-0.15, -0.1) is 0 Å². The molecule has 3 aromatic carbocycles. The maximum Gasteiger partial charge on any atom is 0.439 e. The van der Waals surface area contributed by atoms with Crippen LogP contribution in [0.25, 0.3) is 22.5 Å². The minimum absolute atomic E-state index is 0.103. The maximum absolute atomic E-state index is 14.2. The van der Waals surface area contributed by atoms with E-state index in [9.17, 15) is 9.59 Å². The van der Waals surface area contributed by atoms with E-state index in [0.717, 1.165) is 52.8 Å². The normalized spacial score (nSPS) is 19.0. The SMILES string of the molecule is CCCCC1(Cc2ccc(-c3ccccc3-c3noc(=O)[nH]3)cc2)C=NC(C)N(c2ccc(C)c(C)c2)C1=O. The van der Waals surface area contributed by atoms with E-state index in [1.54, 1.807) is 0 Å². The molecule has 5 rings (SSSR count). The highest BCUT2D eigenvalue weighted by molar-refractivity contribution is 6.09. The van der Waals surface area contributed by atoms with Gasteiger partial charge in [0, 0.05) is 17.5 Å². The highest BCUT2D eigenvalue weighted by Crippen LogP contribution is 2.38. The van der Waals surface area contributed by atoms with Gasteiger partial charge in [-0.05, 0) is 73.6 Å². The summed E-state index contributed by atoms with van der Waals surface area (Å²) in [6, 6.07) is 22.2. The molecule has 200 valence electrons. The molecule has 1 aliphatic heterocycles. The van der Waals surface area contributed by atoms with Crippen molar-refractivity contribution in [3.8, 4) is 22.5 Å². The molecule has 2 atom stereocenters. The Morgan fingerprint density at radius 2 is 1.72 bits per heavy atom. The summed E-state index contributed by atoms with van der Waals surface area (Å²) in [7, 11) is 0. The number of anilines is 1. The van der Waals surface area contributed by atoms with Gasteiger partial charge in [-0.3, -0.25) is 24.2 Å². The second-order valence-electron chi connectivity index (χ2n) is 10.5. The summed E-state index contributed by atoms with van der Waals surface area (Å²) in [5.41, 5.74) is 6.31. The molecule has 0 bridgehead atoms. The Labute approximate surface area is 228 Å². The molecule has 0 saturated heterocycles. The minimum Gasteiger partial charge on any atom is -0.296 e. The first-order valence-electron chi connectivity index (χ1n) is 13.5. The molecule has 39 heavy (non-hydrogen) atoms. The lowest BCUT2D eigenvalue weighted by atomic mass is 9.75. The van der Waals surface area contributed by atoms with Gasteiger partial charge in [0.15, 0.2) is 5.82 Å². The first-order valence-corrected chi connectivity index (χ1v) is 13.5. The molecular formula is C32H34N4O3. The van der Waals surface area contributed by atoms with Crippen molar-refractivity contribution >= 4 is 17.8 Å². The third-order valence-electron chi connectivity index (χ3n) is 7.71. The number of aromatic nitrogens is 2. The molecule has 1 aliphatic rings. The molecule has 0 aliphatic carbocycles. The van der Waals surface area contributed by atoms with Crippen LogP contribution in [0.4, 0.5) is 5.69 Å². The van der Waals surface area contributed by atoms with Crippen molar-refractivity contribution in [2.75, 3.05) is 4.90 Å². The van der Waals surface area contributed by atoms with Crippen molar-refractivity contribution in [1.82, 2.24) is 10.1 Å². The lowest BCUT2D eigenvalue weighted by molar-refractivity contribution is -0.126. The van der Waals surface area contributed by atoms with Gasteiger partial charge in [0.1, 0.15) is 6.17 Å². The van der Waals surface area contributed by atoms with Gasteiger partial charge in [0.25, 0.3) is 0 Å². The summed E-state index contributed by atoms with van der Waals surface area (Å²) < 4.78 is 4.72. The standard InChI is InChI=1S/C32H34N4O3/c1-5-6-17-32(20-33-23(4)36(30(32)37)26-16-11-21(2)22(3)18-26)19-24-12-14-25(15-13-24)27-9-7-8-10-28(27)29-34-31(38)39-35-29/h7-16,18,20,23H,5-6,17,19H2,1-4H3,(H,34,35,38). The third-order valence-corrected chi connectivity index (χ3v) is 7.71. The van der Waals surface area contributed by atoms with Crippen LogP contribution in [-0.2, 0) is 11.2 Å². The fourth-order valence-electron chi connectivity index (χ4n) is 5.32. The Bertz CT molecular complexity index is 1570. The van der Waals surface area contributed by atoms with Crippen molar-refractivity contribution in [2.45, 2.75) is 59.5 Å². The Morgan fingerprint density at radius 1 is 0.974 bits per heavy atom. The number of carbonyl (C=O) groups is 1. The van der Waals surface area contributed by atoms with Gasteiger partial charge in [-0.25, -0.2) is 4.79 Å². The highest BCUT2D eigenvalue weighted by atomic mass is 16.5. The van der Waals surface area contributed by atoms with E-state index in [1.807, 2.05) is 60.5 Å². The summed E-state index contributed by atoms with van der Waals surface area (Å²) in [6.07, 6.45) is 4.91. The van der Waals surface area contributed by atoms with E-state index < -0.39 is 11.2 Å². The Morgan fingerprint density at radius 3 is 2.38 bits per heavy atom. The van der Waals surface area contributed by atoms with Crippen LogP contribution in [0.15, 0.2) is 81.0 Å². The molecular weight excluding hydrogens is 488 g/mol. The smallest absolute Gasteiger partial charge is 0.296 e. The number of H-pyrrole nitrogens is 1. The van der Waals surface area contributed by atoms with Gasteiger partial charge in [0.2, 0.25) is 5.91 Å². The molecule has 0 saturated carbocycles. The zero-order valence-electron chi connectivity index (χ0n) is 22.9. The zero-order valence-corrected chi connectivity index (χ0v) is 22.9. The first-order chi connectivity index (χ1) is 18.8. The van der Waals surface area contributed by atoms with E-state index in [1.165, 1.54) is 5.56 Å². The average Bonchev–Trinajstić information content (AvgIpc) is 3.38. The van der Waals surface area contributed by atoms with Crippen LogP contribution in [0.2, 0.25) is 0 Å². The van der Waals surface area contributed by atoms with Crippen molar-refractivity contribution in [2.24, 2.45) is 10.4 Å². The van der Waals surface area contributed by atoms with Crippen LogP contribution in [0.1, 0.15) is 49.8 Å². The largest absolute Gasteiger partial charge is 0.439 e. The Balaban J connectivity index is 1.47. The van der Waals surface area contributed by atoms with Gasteiger partial charge in [0.05, 0.1) is 5.41 Å². The van der Waals surface area contributed by atoms with Crippen LogP contribution in [0.5, 0.6) is 0 Å². The van der Waals surface area contributed by atoms with Gasteiger partial charge < -0.3 is 0 Å². The Kier molecular flexibility index (Phi) is 7.33. The van der Waals surface area contributed by atoms with E-state index >= 15 is 0 Å². The van der Waals surface area contributed by atoms with Crippen molar-refractivity contribution < 1.29 is 9.32 Å². The maximum atomic E-state index is 14.2. The van der Waals surface area contributed by atoms with E-state index in [-0.39, 0.29) is 12.1 Å². The number of nitrogens with one attached hydrogen (secondary N) is 1. The third kappa shape index (κ3) is 5.21. The molecule has 0 radical (unpaired) electrons. The number of benzene rings is 3. The second kappa shape index (κ2) is 10.8. The molecule has 4 aromatic rings. The molecule has 7 heteroatoms. The number of hydrogen-bond acceptors (Lipinski definition) is 5. The number of aromatic amines is 1. The molecule has 1 aromatic heterocycles. The summed E-state index contributed by atoms with van der Waals surface area (Å²) in [5.74, 6) is -0.0932. The number of hydrogen-bond donors (Lipinski definition) is 1. The molecule has 0 spiro atoms. The molecule has 0 fully saturated rings. The summed E-state index contributed by atoms with van der Waals surface area (Å²) in [6.45, 7) is 8.28. The van der Waals surface area contributed by atoms with E-state index in [0.29, 0.717) is 12.2 Å². The number of rotatable bonds is 8. The van der Waals surface area contributed by atoms with Crippen molar-refractivity contribution in [1.29, 1.82) is 0 Å². The number of unbranched alkanes of at least 4 members (excludes halogenated alkanes) is 1. The summed E-state index contributed by atoms with van der Waals surface area (Å²) in [5, 5.41) is 3.86. The number of aliphatic imine (C=N–C) groups is 1. The number of nitrogens with zero attached hydrogens (tertiary/aromatic N) is 3. The fraction of sp³-hybridized carbons (Fsp3) is 0.312.